The number of carboxylic acid groups (broad SMARTS) is 1. The summed E-state index contributed by atoms with van der Waals surface area (Å²) in [4.78, 5) is 17.0. The van der Waals surface area contributed by atoms with E-state index in [1.54, 1.807) is 12.5 Å². The Morgan fingerprint density at radius 2 is 2.10 bits per heavy atom. The van der Waals surface area contributed by atoms with Crippen LogP contribution in [0.2, 0.25) is 0 Å². The van der Waals surface area contributed by atoms with Crippen molar-refractivity contribution in [1.29, 1.82) is 0 Å². The fraction of sp³-hybridized carbons (Fsp3) is 0.286. The zero-order chi connectivity index (χ0) is 14.5. The number of anilines is 1. The highest BCUT2D eigenvalue weighted by Gasteiger charge is 2.10. The summed E-state index contributed by atoms with van der Waals surface area (Å²) in [6.45, 7) is 0.712. The van der Waals surface area contributed by atoms with Crippen LogP contribution in [0.15, 0.2) is 29.6 Å². The van der Waals surface area contributed by atoms with E-state index in [0.29, 0.717) is 12.2 Å². The second-order valence-electron chi connectivity index (χ2n) is 4.40. The normalized spacial score (nSPS) is 10.3. The summed E-state index contributed by atoms with van der Waals surface area (Å²) in [5.74, 6) is -0.0333. The summed E-state index contributed by atoms with van der Waals surface area (Å²) in [5, 5.41) is 11.3. The molecule has 1 aromatic heterocycles. The van der Waals surface area contributed by atoms with Gasteiger partial charge in [-0.1, -0.05) is 12.1 Å². The molecule has 0 aliphatic carbocycles. The number of carbonyl (C=O) groups is 1. The van der Waals surface area contributed by atoms with E-state index in [-0.39, 0.29) is 6.42 Å². The van der Waals surface area contributed by atoms with Gasteiger partial charge in [0.1, 0.15) is 5.75 Å². The van der Waals surface area contributed by atoms with Gasteiger partial charge in [-0.05, 0) is 17.7 Å². The Hall–Kier alpha value is -2.08. The van der Waals surface area contributed by atoms with Crippen molar-refractivity contribution < 1.29 is 14.6 Å². The number of nitrogens with zero attached hydrogens (tertiary/aromatic N) is 2. The smallest absolute Gasteiger partial charge is 0.309 e. The summed E-state index contributed by atoms with van der Waals surface area (Å²) in [7, 11) is 3.58. The molecule has 0 radical (unpaired) electrons. The van der Waals surface area contributed by atoms with Gasteiger partial charge in [0.2, 0.25) is 0 Å². The van der Waals surface area contributed by atoms with Gasteiger partial charge in [0, 0.05) is 19.0 Å². The predicted octanol–water partition coefficient (Wildman–Crippen LogP) is 2.42. The second-order valence-corrected chi connectivity index (χ2v) is 5.23. The molecular weight excluding hydrogens is 276 g/mol. The highest BCUT2D eigenvalue weighted by atomic mass is 32.1. The molecule has 0 saturated heterocycles. The van der Waals surface area contributed by atoms with Gasteiger partial charge in [0.05, 0.1) is 19.2 Å². The van der Waals surface area contributed by atoms with Crippen LogP contribution >= 0.6 is 11.3 Å². The maximum absolute atomic E-state index is 10.6. The van der Waals surface area contributed by atoms with Crippen LogP contribution in [0.4, 0.5) is 5.13 Å². The number of hydrogen-bond acceptors (Lipinski definition) is 5. The molecule has 0 saturated carbocycles. The van der Waals surface area contributed by atoms with Gasteiger partial charge in [-0.15, -0.1) is 11.3 Å². The van der Waals surface area contributed by atoms with Gasteiger partial charge in [-0.25, -0.2) is 4.98 Å². The first-order valence-electron chi connectivity index (χ1n) is 6.08. The van der Waals surface area contributed by atoms with Gasteiger partial charge in [-0.3, -0.25) is 4.79 Å². The average Bonchev–Trinajstić information content (AvgIpc) is 2.87. The largest absolute Gasteiger partial charge is 0.497 e. The van der Waals surface area contributed by atoms with E-state index in [1.165, 1.54) is 11.3 Å². The summed E-state index contributed by atoms with van der Waals surface area (Å²) in [5.41, 5.74) is 1.74. The molecule has 0 atom stereocenters. The minimum atomic E-state index is -0.861. The Labute approximate surface area is 121 Å². The van der Waals surface area contributed by atoms with Crippen molar-refractivity contribution >= 4 is 22.4 Å². The fourth-order valence-electron chi connectivity index (χ4n) is 1.78. The molecule has 106 valence electrons. The van der Waals surface area contributed by atoms with Gasteiger partial charge in [0.25, 0.3) is 0 Å². The molecule has 0 fully saturated rings. The van der Waals surface area contributed by atoms with Crippen LogP contribution in [-0.4, -0.2) is 30.2 Å². The lowest BCUT2D eigenvalue weighted by atomic mass is 10.2. The molecule has 0 aliphatic heterocycles. The van der Waals surface area contributed by atoms with E-state index < -0.39 is 5.97 Å². The molecule has 0 bridgehead atoms. The minimum absolute atomic E-state index is 0.0348. The van der Waals surface area contributed by atoms with Crippen molar-refractivity contribution in [2.75, 3.05) is 19.1 Å². The van der Waals surface area contributed by atoms with Gasteiger partial charge in [0.15, 0.2) is 5.13 Å². The molecule has 5 nitrogen and oxygen atoms in total. The first-order chi connectivity index (χ1) is 9.58. The Kier molecular flexibility index (Phi) is 4.57. The van der Waals surface area contributed by atoms with E-state index in [0.717, 1.165) is 16.4 Å². The van der Waals surface area contributed by atoms with Crippen LogP contribution in [0.5, 0.6) is 5.75 Å². The molecule has 20 heavy (non-hydrogen) atoms. The number of benzene rings is 1. The Morgan fingerprint density at radius 1 is 1.40 bits per heavy atom. The van der Waals surface area contributed by atoms with Crippen LogP contribution < -0.4 is 9.64 Å². The van der Waals surface area contributed by atoms with Crippen molar-refractivity contribution in [1.82, 2.24) is 4.98 Å². The summed E-state index contributed by atoms with van der Waals surface area (Å²) in [6, 6.07) is 7.84. The van der Waals surface area contributed by atoms with E-state index in [1.807, 2.05) is 36.2 Å². The van der Waals surface area contributed by atoms with Crippen molar-refractivity contribution in [3.05, 3.63) is 40.9 Å². The molecule has 2 rings (SSSR count). The van der Waals surface area contributed by atoms with E-state index in [9.17, 15) is 4.79 Å². The standard InChI is InChI=1S/C14H16N2O3S/c1-16(8-10-3-5-12(19-2)6-4-10)14-15-11(9-20-14)7-13(17)18/h3-6,9H,7-8H2,1-2H3,(H,17,18). The summed E-state index contributed by atoms with van der Waals surface area (Å²) >= 11 is 1.45. The zero-order valence-corrected chi connectivity index (χ0v) is 12.2. The molecule has 1 N–H and O–H groups in total. The Bertz CT molecular complexity index is 580. The summed E-state index contributed by atoms with van der Waals surface area (Å²) in [6.07, 6.45) is -0.0348. The van der Waals surface area contributed by atoms with Gasteiger partial charge >= 0.3 is 5.97 Å². The van der Waals surface area contributed by atoms with Crippen LogP contribution in [0.1, 0.15) is 11.3 Å². The molecule has 1 heterocycles. The van der Waals surface area contributed by atoms with E-state index in [2.05, 4.69) is 4.98 Å². The number of aliphatic carboxylic acids is 1. The van der Waals surface area contributed by atoms with Crippen molar-refractivity contribution in [2.45, 2.75) is 13.0 Å². The average molecular weight is 292 g/mol. The molecule has 0 amide bonds. The quantitative estimate of drug-likeness (QED) is 0.886. The van der Waals surface area contributed by atoms with E-state index in [4.69, 9.17) is 9.84 Å². The number of thiazole rings is 1. The van der Waals surface area contributed by atoms with Crippen LogP contribution in [0.25, 0.3) is 0 Å². The maximum Gasteiger partial charge on any atom is 0.309 e. The van der Waals surface area contributed by atoms with Crippen LogP contribution in [0, 0.1) is 0 Å². The fourth-order valence-corrected chi connectivity index (χ4v) is 2.57. The number of methoxy groups -OCH3 is 1. The van der Waals surface area contributed by atoms with Crippen LogP contribution in [-0.2, 0) is 17.8 Å². The minimum Gasteiger partial charge on any atom is -0.497 e. The molecule has 0 unspecified atom stereocenters. The van der Waals surface area contributed by atoms with Crippen molar-refractivity contribution in [3.8, 4) is 5.75 Å². The third kappa shape index (κ3) is 3.71. The number of ether oxygens (including phenoxy) is 1. The highest BCUT2D eigenvalue weighted by Crippen LogP contribution is 2.22. The monoisotopic (exact) mass is 292 g/mol. The number of carboxylic acids is 1. The maximum atomic E-state index is 10.6. The van der Waals surface area contributed by atoms with Crippen LogP contribution in [0.3, 0.4) is 0 Å². The second kappa shape index (κ2) is 6.38. The summed E-state index contributed by atoms with van der Waals surface area (Å²) < 4.78 is 5.12. The number of rotatable bonds is 6. The molecule has 0 aliphatic rings. The SMILES string of the molecule is COc1ccc(CN(C)c2nc(CC(=O)O)cs2)cc1. The third-order valence-electron chi connectivity index (χ3n) is 2.78. The molecule has 0 spiro atoms. The molecule has 2 aromatic rings. The lowest BCUT2D eigenvalue weighted by molar-refractivity contribution is -0.136. The lowest BCUT2D eigenvalue weighted by Gasteiger charge is -2.15. The molecule has 1 aromatic carbocycles. The highest BCUT2D eigenvalue weighted by molar-refractivity contribution is 7.13. The first kappa shape index (κ1) is 14.3. The van der Waals surface area contributed by atoms with Gasteiger partial charge < -0.3 is 14.7 Å². The molecule has 6 heteroatoms. The van der Waals surface area contributed by atoms with Crippen molar-refractivity contribution in [3.63, 3.8) is 0 Å². The third-order valence-corrected chi connectivity index (χ3v) is 3.78. The first-order valence-corrected chi connectivity index (χ1v) is 6.96. The number of hydrogen-bond donors (Lipinski definition) is 1. The Balaban J connectivity index is 2.01. The van der Waals surface area contributed by atoms with Crippen molar-refractivity contribution in [2.24, 2.45) is 0 Å². The zero-order valence-electron chi connectivity index (χ0n) is 11.4. The topological polar surface area (TPSA) is 62.7 Å². The van der Waals surface area contributed by atoms with Gasteiger partial charge in [-0.2, -0.15) is 0 Å². The predicted molar refractivity (Wildman–Crippen MR) is 78.6 cm³/mol. The number of aromatic nitrogens is 1. The molecular formula is C14H16N2O3S. The van der Waals surface area contributed by atoms with E-state index >= 15 is 0 Å². The lowest BCUT2D eigenvalue weighted by Crippen LogP contribution is -2.16. The Morgan fingerprint density at radius 3 is 2.70 bits per heavy atom.